The van der Waals surface area contributed by atoms with Crippen LogP contribution in [0.3, 0.4) is 0 Å². The summed E-state index contributed by atoms with van der Waals surface area (Å²) in [6.45, 7) is 6.96. The average Bonchev–Trinajstić information content (AvgIpc) is 2.15. The maximum atomic E-state index is 11.3. The number of methoxy groups -OCH3 is 1. The number of carbonyl (C=O) groups excluding carboxylic acids is 2. The largest absolute Gasteiger partial charge is 0.468 e. The van der Waals surface area contributed by atoms with E-state index in [1.165, 1.54) is 7.11 Å². The van der Waals surface area contributed by atoms with E-state index in [1.807, 2.05) is 0 Å². The first-order valence-electron chi connectivity index (χ1n) is 4.60. The van der Waals surface area contributed by atoms with Crippen molar-refractivity contribution in [1.82, 2.24) is 0 Å². The van der Waals surface area contributed by atoms with Crippen LogP contribution in [0.2, 0.25) is 0 Å². The Morgan fingerprint density at radius 2 is 1.93 bits per heavy atom. The molecule has 15 heavy (non-hydrogen) atoms. The molecule has 86 valence electrons. The van der Waals surface area contributed by atoms with Gasteiger partial charge in [-0.05, 0) is 13.8 Å². The summed E-state index contributed by atoms with van der Waals surface area (Å²) in [6.07, 6.45) is -0.179. The predicted octanol–water partition coefficient (Wildman–Crippen LogP) is 0.385. The number of carbonyl (C=O) groups is 2. The molecule has 0 heterocycles. The molecule has 0 aromatic rings. The first-order chi connectivity index (χ1) is 6.88. The fraction of sp³-hybridized carbons (Fsp3) is 0.600. The van der Waals surface area contributed by atoms with Crippen LogP contribution in [0.1, 0.15) is 20.3 Å². The van der Waals surface area contributed by atoms with Gasteiger partial charge in [-0.15, -0.1) is 0 Å². The fourth-order valence-electron chi connectivity index (χ4n) is 0.881. The lowest BCUT2D eigenvalue weighted by molar-refractivity contribution is -0.143. The molecule has 0 aliphatic heterocycles. The summed E-state index contributed by atoms with van der Waals surface area (Å²) in [5, 5.41) is 0. The molecule has 2 N–H and O–H groups in total. The van der Waals surface area contributed by atoms with Crippen molar-refractivity contribution in [2.24, 2.45) is 5.73 Å². The monoisotopic (exact) mass is 215 g/mol. The third kappa shape index (κ3) is 5.17. The standard InChI is InChI=1S/C10H17NO4/c1-6(2)15-9(12)7(3)5-8(11)10(13)14-4/h6,8H,3,5,11H2,1-2,4H3. The number of esters is 2. The van der Waals surface area contributed by atoms with Crippen molar-refractivity contribution in [3.63, 3.8) is 0 Å². The van der Waals surface area contributed by atoms with Crippen LogP contribution < -0.4 is 5.73 Å². The number of hydrogen-bond acceptors (Lipinski definition) is 5. The SMILES string of the molecule is C=C(CC(N)C(=O)OC)C(=O)OC(C)C. The van der Waals surface area contributed by atoms with Gasteiger partial charge in [-0.2, -0.15) is 0 Å². The molecule has 5 nitrogen and oxygen atoms in total. The molecule has 0 aromatic heterocycles. The highest BCUT2D eigenvalue weighted by Crippen LogP contribution is 2.06. The maximum absolute atomic E-state index is 11.3. The summed E-state index contributed by atoms with van der Waals surface area (Å²) in [7, 11) is 1.23. The van der Waals surface area contributed by atoms with E-state index in [4.69, 9.17) is 10.5 Å². The fourth-order valence-corrected chi connectivity index (χ4v) is 0.881. The zero-order valence-corrected chi connectivity index (χ0v) is 9.28. The summed E-state index contributed by atoms with van der Waals surface area (Å²) in [5.74, 6) is -1.11. The van der Waals surface area contributed by atoms with Gasteiger partial charge >= 0.3 is 11.9 Å². The minimum atomic E-state index is -0.873. The van der Waals surface area contributed by atoms with Crippen molar-refractivity contribution in [3.05, 3.63) is 12.2 Å². The Morgan fingerprint density at radius 1 is 1.40 bits per heavy atom. The van der Waals surface area contributed by atoms with Gasteiger partial charge in [0.25, 0.3) is 0 Å². The number of ether oxygens (including phenoxy) is 2. The van der Waals surface area contributed by atoms with Crippen molar-refractivity contribution >= 4 is 11.9 Å². The lowest BCUT2D eigenvalue weighted by atomic mass is 10.1. The molecular weight excluding hydrogens is 198 g/mol. The van der Waals surface area contributed by atoms with E-state index in [9.17, 15) is 9.59 Å². The van der Waals surface area contributed by atoms with E-state index in [0.29, 0.717) is 0 Å². The van der Waals surface area contributed by atoms with Crippen LogP contribution in [-0.4, -0.2) is 31.2 Å². The van der Waals surface area contributed by atoms with Crippen LogP contribution in [0, 0.1) is 0 Å². The summed E-state index contributed by atoms with van der Waals surface area (Å²) < 4.78 is 9.30. The lowest BCUT2D eigenvalue weighted by Crippen LogP contribution is -2.33. The summed E-state index contributed by atoms with van der Waals surface area (Å²) in [4.78, 5) is 22.2. The van der Waals surface area contributed by atoms with E-state index < -0.39 is 18.0 Å². The Bertz CT molecular complexity index is 260. The first-order valence-corrected chi connectivity index (χ1v) is 4.60. The third-order valence-corrected chi connectivity index (χ3v) is 1.60. The zero-order valence-electron chi connectivity index (χ0n) is 9.28. The Morgan fingerprint density at radius 3 is 2.33 bits per heavy atom. The second-order valence-corrected chi connectivity index (χ2v) is 3.39. The topological polar surface area (TPSA) is 78.6 Å². The Labute approximate surface area is 89.2 Å². The van der Waals surface area contributed by atoms with Gasteiger partial charge in [0, 0.05) is 12.0 Å². The van der Waals surface area contributed by atoms with Gasteiger partial charge < -0.3 is 15.2 Å². The molecule has 0 aliphatic carbocycles. The van der Waals surface area contributed by atoms with Crippen LogP contribution in [0.5, 0.6) is 0 Å². The highest BCUT2D eigenvalue weighted by atomic mass is 16.5. The normalized spacial score (nSPS) is 12.1. The minimum absolute atomic E-state index is 0.0399. The molecule has 0 aliphatic rings. The number of nitrogens with two attached hydrogens (primary N) is 1. The first kappa shape index (κ1) is 13.6. The van der Waals surface area contributed by atoms with Gasteiger partial charge in [-0.1, -0.05) is 6.58 Å². The van der Waals surface area contributed by atoms with Crippen LogP contribution in [0.25, 0.3) is 0 Å². The van der Waals surface area contributed by atoms with Crippen LogP contribution in [-0.2, 0) is 19.1 Å². The second kappa shape index (κ2) is 6.19. The van der Waals surface area contributed by atoms with Crippen molar-refractivity contribution in [1.29, 1.82) is 0 Å². The number of rotatable bonds is 5. The quantitative estimate of drug-likeness (QED) is 0.530. The maximum Gasteiger partial charge on any atom is 0.333 e. The zero-order chi connectivity index (χ0) is 12.0. The van der Waals surface area contributed by atoms with E-state index in [0.717, 1.165) is 0 Å². The van der Waals surface area contributed by atoms with Crippen molar-refractivity contribution in [2.45, 2.75) is 32.4 Å². The van der Waals surface area contributed by atoms with Crippen molar-refractivity contribution in [2.75, 3.05) is 7.11 Å². The molecule has 0 bridgehead atoms. The average molecular weight is 215 g/mol. The van der Waals surface area contributed by atoms with Gasteiger partial charge in [0.05, 0.1) is 13.2 Å². The van der Waals surface area contributed by atoms with Gasteiger partial charge in [0.1, 0.15) is 6.04 Å². The van der Waals surface area contributed by atoms with E-state index >= 15 is 0 Å². The van der Waals surface area contributed by atoms with Crippen LogP contribution >= 0.6 is 0 Å². The van der Waals surface area contributed by atoms with Crippen LogP contribution in [0.4, 0.5) is 0 Å². The molecule has 0 spiro atoms. The van der Waals surface area contributed by atoms with Gasteiger partial charge in [0.2, 0.25) is 0 Å². The molecule has 1 atom stereocenters. The van der Waals surface area contributed by atoms with E-state index in [1.54, 1.807) is 13.8 Å². The summed E-state index contributed by atoms with van der Waals surface area (Å²) in [6, 6.07) is -0.873. The molecule has 0 radical (unpaired) electrons. The van der Waals surface area contributed by atoms with Gasteiger partial charge in [-0.25, -0.2) is 4.79 Å². The number of hydrogen-bond donors (Lipinski definition) is 1. The molecule has 0 amide bonds. The lowest BCUT2D eigenvalue weighted by Gasteiger charge is -2.12. The smallest absolute Gasteiger partial charge is 0.333 e. The summed E-state index contributed by atoms with van der Waals surface area (Å²) in [5.41, 5.74) is 5.62. The molecule has 0 saturated carbocycles. The molecular formula is C10H17NO4. The molecule has 5 heteroatoms. The molecule has 0 rings (SSSR count). The molecule has 0 aromatic carbocycles. The predicted molar refractivity (Wildman–Crippen MR) is 55.0 cm³/mol. The second-order valence-electron chi connectivity index (χ2n) is 3.39. The van der Waals surface area contributed by atoms with Crippen molar-refractivity contribution in [3.8, 4) is 0 Å². The summed E-state index contributed by atoms with van der Waals surface area (Å²) >= 11 is 0. The minimum Gasteiger partial charge on any atom is -0.468 e. The van der Waals surface area contributed by atoms with Crippen molar-refractivity contribution < 1.29 is 19.1 Å². The molecule has 0 saturated heterocycles. The van der Waals surface area contributed by atoms with E-state index in [-0.39, 0.29) is 18.1 Å². The molecule has 0 fully saturated rings. The Balaban J connectivity index is 4.13. The van der Waals surface area contributed by atoms with Crippen LogP contribution in [0.15, 0.2) is 12.2 Å². The third-order valence-electron chi connectivity index (χ3n) is 1.60. The van der Waals surface area contributed by atoms with Gasteiger partial charge in [0.15, 0.2) is 0 Å². The highest BCUT2D eigenvalue weighted by molar-refractivity contribution is 5.89. The van der Waals surface area contributed by atoms with E-state index in [2.05, 4.69) is 11.3 Å². The molecule has 1 unspecified atom stereocenters. The Hall–Kier alpha value is -1.36. The Kier molecular flexibility index (Phi) is 5.62. The highest BCUT2D eigenvalue weighted by Gasteiger charge is 2.19. The van der Waals surface area contributed by atoms with Gasteiger partial charge in [-0.3, -0.25) is 4.79 Å².